The summed E-state index contributed by atoms with van der Waals surface area (Å²) in [6.45, 7) is 4.89. The van der Waals surface area contributed by atoms with E-state index in [-0.39, 0.29) is 17.4 Å². The first-order chi connectivity index (χ1) is 11.0. The number of hydrogen-bond donors (Lipinski definition) is 1. The fourth-order valence-corrected chi connectivity index (χ4v) is 3.17. The number of carbonyl (C=O) groups is 1. The van der Waals surface area contributed by atoms with E-state index < -0.39 is 0 Å². The van der Waals surface area contributed by atoms with Crippen molar-refractivity contribution in [3.8, 4) is 0 Å². The summed E-state index contributed by atoms with van der Waals surface area (Å²) in [5.41, 5.74) is 7.17. The molecule has 1 aromatic carbocycles. The van der Waals surface area contributed by atoms with E-state index in [9.17, 15) is 9.59 Å². The molecule has 1 amide bonds. The molecule has 6 nitrogen and oxygen atoms in total. The Morgan fingerprint density at radius 2 is 2.22 bits per heavy atom. The van der Waals surface area contributed by atoms with Gasteiger partial charge in [0.05, 0.1) is 23.1 Å². The van der Waals surface area contributed by atoms with E-state index in [4.69, 9.17) is 5.73 Å². The highest BCUT2D eigenvalue weighted by Gasteiger charge is 2.23. The molecule has 0 spiro atoms. The number of piperidine rings is 1. The lowest BCUT2D eigenvalue weighted by atomic mass is 9.97. The smallest absolute Gasteiger partial charge is 0.261 e. The van der Waals surface area contributed by atoms with Crippen molar-refractivity contribution in [3.05, 3.63) is 40.4 Å². The fraction of sp³-hybridized carbons (Fsp3) is 0.471. The third-order valence-corrected chi connectivity index (χ3v) is 4.54. The molecule has 2 N–H and O–H groups in total. The molecular formula is C17H22N4O2. The Morgan fingerprint density at radius 1 is 1.39 bits per heavy atom. The molecule has 0 radical (unpaired) electrons. The largest absolute Gasteiger partial charge is 0.369 e. The number of hydrogen-bond acceptors (Lipinski definition) is 4. The van der Waals surface area contributed by atoms with Gasteiger partial charge in [0.1, 0.15) is 0 Å². The SMILES string of the molecule is Cc1ccc2ncn(CCN3CCC[C@@H](C(N)=O)C3)c(=O)c2c1. The summed E-state index contributed by atoms with van der Waals surface area (Å²) < 4.78 is 1.65. The predicted octanol–water partition coefficient (Wildman–Crippen LogP) is 0.902. The van der Waals surface area contributed by atoms with Crippen LogP contribution in [0.1, 0.15) is 18.4 Å². The van der Waals surface area contributed by atoms with E-state index in [1.165, 1.54) is 0 Å². The Hall–Kier alpha value is -2.21. The van der Waals surface area contributed by atoms with Crippen LogP contribution in [0.2, 0.25) is 0 Å². The third kappa shape index (κ3) is 3.42. The molecule has 1 atom stereocenters. The van der Waals surface area contributed by atoms with Crippen molar-refractivity contribution in [2.75, 3.05) is 19.6 Å². The van der Waals surface area contributed by atoms with Crippen LogP contribution in [0.5, 0.6) is 0 Å². The molecule has 2 heterocycles. The maximum Gasteiger partial charge on any atom is 0.261 e. The first kappa shape index (κ1) is 15.7. The van der Waals surface area contributed by atoms with Crippen LogP contribution in [-0.2, 0) is 11.3 Å². The lowest BCUT2D eigenvalue weighted by Crippen LogP contribution is -2.42. The van der Waals surface area contributed by atoms with Crippen molar-refractivity contribution in [3.63, 3.8) is 0 Å². The van der Waals surface area contributed by atoms with Gasteiger partial charge in [0, 0.05) is 19.6 Å². The van der Waals surface area contributed by atoms with Crippen LogP contribution < -0.4 is 11.3 Å². The molecule has 1 fully saturated rings. The second-order valence-electron chi connectivity index (χ2n) is 6.31. The van der Waals surface area contributed by atoms with Crippen LogP contribution in [0.3, 0.4) is 0 Å². The van der Waals surface area contributed by atoms with E-state index in [1.54, 1.807) is 10.9 Å². The number of nitrogens with two attached hydrogens (primary N) is 1. The van der Waals surface area contributed by atoms with Crippen molar-refractivity contribution in [1.82, 2.24) is 14.5 Å². The van der Waals surface area contributed by atoms with Gasteiger partial charge in [0.15, 0.2) is 0 Å². The summed E-state index contributed by atoms with van der Waals surface area (Å²) in [5.74, 6) is -0.299. The number of nitrogens with zero attached hydrogens (tertiary/aromatic N) is 3. The molecule has 6 heteroatoms. The monoisotopic (exact) mass is 314 g/mol. The first-order valence-electron chi connectivity index (χ1n) is 8.02. The highest BCUT2D eigenvalue weighted by molar-refractivity contribution is 5.78. The molecule has 0 aliphatic carbocycles. The molecular weight excluding hydrogens is 292 g/mol. The van der Waals surface area contributed by atoms with E-state index in [1.807, 2.05) is 25.1 Å². The number of aromatic nitrogens is 2. The first-order valence-corrected chi connectivity index (χ1v) is 8.02. The topological polar surface area (TPSA) is 81.2 Å². The molecule has 1 saturated heterocycles. The van der Waals surface area contributed by atoms with Crippen molar-refractivity contribution in [2.45, 2.75) is 26.3 Å². The number of primary amides is 1. The van der Waals surface area contributed by atoms with Gasteiger partial charge < -0.3 is 10.6 Å². The van der Waals surface area contributed by atoms with Gasteiger partial charge in [-0.25, -0.2) is 4.98 Å². The highest BCUT2D eigenvalue weighted by atomic mass is 16.1. The Kier molecular flexibility index (Phi) is 4.43. The summed E-state index contributed by atoms with van der Waals surface area (Å²) in [4.78, 5) is 30.5. The molecule has 0 unspecified atom stereocenters. The summed E-state index contributed by atoms with van der Waals surface area (Å²) in [6, 6.07) is 5.71. The highest BCUT2D eigenvalue weighted by Crippen LogP contribution is 2.15. The fourth-order valence-electron chi connectivity index (χ4n) is 3.17. The summed E-state index contributed by atoms with van der Waals surface area (Å²) >= 11 is 0. The van der Waals surface area contributed by atoms with E-state index in [0.717, 1.165) is 37.0 Å². The predicted molar refractivity (Wildman–Crippen MR) is 89.1 cm³/mol. The van der Waals surface area contributed by atoms with E-state index in [0.29, 0.717) is 18.5 Å². The lowest BCUT2D eigenvalue weighted by molar-refractivity contribution is -0.123. The van der Waals surface area contributed by atoms with Crippen LogP contribution in [0.25, 0.3) is 10.9 Å². The minimum Gasteiger partial charge on any atom is -0.369 e. The number of carbonyl (C=O) groups excluding carboxylic acids is 1. The summed E-state index contributed by atoms with van der Waals surface area (Å²) in [7, 11) is 0. The summed E-state index contributed by atoms with van der Waals surface area (Å²) in [6.07, 6.45) is 3.44. The van der Waals surface area contributed by atoms with Crippen molar-refractivity contribution >= 4 is 16.8 Å². The Labute approximate surface area is 134 Å². The van der Waals surface area contributed by atoms with Crippen LogP contribution in [-0.4, -0.2) is 40.0 Å². The van der Waals surface area contributed by atoms with Gasteiger partial charge in [0.25, 0.3) is 5.56 Å². The zero-order chi connectivity index (χ0) is 16.4. The molecule has 2 aromatic rings. The number of aryl methyl sites for hydroxylation is 1. The molecule has 1 aliphatic rings. The molecule has 23 heavy (non-hydrogen) atoms. The average Bonchev–Trinajstić information content (AvgIpc) is 2.55. The normalized spacial score (nSPS) is 19.1. The number of amides is 1. The van der Waals surface area contributed by atoms with Crippen LogP contribution in [0.15, 0.2) is 29.3 Å². The minimum atomic E-state index is -0.227. The van der Waals surface area contributed by atoms with Crippen molar-refractivity contribution < 1.29 is 4.79 Å². The van der Waals surface area contributed by atoms with Gasteiger partial charge in [-0.05, 0) is 38.4 Å². The van der Waals surface area contributed by atoms with E-state index in [2.05, 4.69) is 9.88 Å². The second-order valence-corrected chi connectivity index (χ2v) is 6.31. The Bertz CT molecular complexity index is 784. The zero-order valence-corrected chi connectivity index (χ0v) is 13.4. The lowest BCUT2D eigenvalue weighted by Gasteiger charge is -2.31. The van der Waals surface area contributed by atoms with Gasteiger partial charge in [-0.15, -0.1) is 0 Å². The number of rotatable bonds is 4. The molecule has 1 aromatic heterocycles. The van der Waals surface area contributed by atoms with Crippen molar-refractivity contribution in [2.24, 2.45) is 11.7 Å². The average molecular weight is 314 g/mol. The molecule has 0 bridgehead atoms. The second kappa shape index (κ2) is 6.50. The van der Waals surface area contributed by atoms with Gasteiger partial charge in [-0.3, -0.25) is 14.2 Å². The van der Waals surface area contributed by atoms with Gasteiger partial charge >= 0.3 is 0 Å². The van der Waals surface area contributed by atoms with Crippen molar-refractivity contribution in [1.29, 1.82) is 0 Å². The quantitative estimate of drug-likeness (QED) is 0.909. The van der Waals surface area contributed by atoms with E-state index >= 15 is 0 Å². The number of likely N-dealkylation sites (tertiary alicyclic amines) is 1. The molecule has 3 rings (SSSR count). The van der Waals surface area contributed by atoms with Crippen LogP contribution in [0.4, 0.5) is 0 Å². The van der Waals surface area contributed by atoms with Gasteiger partial charge in [-0.1, -0.05) is 11.6 Å². The van der Waals surface area contributed by atoms with Gasteiger partial charge in [0.2, 0.25) is 5.91 Å². The molecule has 1 aliphatic heterocycles. The molecule has 0 saturated carbocycles. The van der Waals surface area contributed by atoms with Crippen LogP contribution >= 0.6 is 0 Å². The Morgan fingerprint density at radius 3 is 3.00 bits per heavy atom. The Balaban J connectivity index is 1.73. The summed E-state index contributed by atoms with van der Waals surface area (Å²) in [5, 5.41) is 0.654. The van der Waals surface area contributed by atoms with Crippen LogP contribution in [0, 0.1) is 12.8 Å². The maximum absolute atomic E-state index is 12.6. The van der Waals surface area contributed by atoms with Gasteiger partial charge in [-0.2, -0.15) is 0 Å². The number of benzene rings is 1. The minimum absolute atomic E-state index is 0.0119. The standard InChI is InChI=1S/C17H22N4O2/c1-12-4-5-15-14(9-12)17(23)21(11-19-15)8-7-20-6-2-3-13(10-20)16(18)22/h4-5,9,11,13H,2-3,6-8,10H2,1H3,(H2,18,22)/t13-/m1/s1. The third-order valence-electron chi connectivity index (χ3n) is 4.54. The zero-order valence-electron chi connectivity index (χ0n) is 13.4. The number of fused-ring (bicyclic) bond motifs is 1. The maximum atomic E-state index is 12.6. The molecule has 122 valence electrons.